The molecule has 0 aliphatic heterocycles. The van der Waals surface area contributed by atoms with E-state index in [1.165, 1.54) is 0 Å². The first kappa shape index (κ1) is 89.6. The van der Waals surface area contributed by atoms with Gasteiger partial charge >= 0.3 is 37.7 Å². The van der Waals surface area contributed by atoms with Crippen LogP contribution in [0.15, 0.2) is 0 Å². The molecule has 0 aromatic carbocycles. The number of hydrogen-bond acceptors (Lipinski definition) is 6. The van der Waals surface area contributed by atoms with Crippen molar-refractivity contribution in [3.8, 4) is 0 Å². The van der Waals surface area contributed by atoms with E-state index >= 15 is 0 Å². The summed E-state index contributed by atoms with van der Waals surface area (Å²) in [5.41, 5.74) is 0. The van der Waals surface area contributed by atoms with Gasteiger partial charge in [0.25, 0.3) is 0 Å². The zero-order valence-corrected chi connectivity index (χ0v) is 13.6. The molecule has 15 heavy (non-hydrogen) atoms. The summed E-state index contributed by atoms with van der Waals surface area (Å²) in [6.07, 6.45) is 0. The van der Waals surface area contributed by atoms with E-state index in [2.05, 4.69) is 0 Å². The topological polar surface area (TPSA) is 143 Å². The Balaban J connectivity index is -0.00000000267. The Morgan fingerprint density at radius 2 is 0.467 bits per heavy atom. The predicted molar refractivity (Wildman–Crippen MR) is 37.8 cm³/mol. The van der Waals surface area contributed by atoms with E-state index in [1.54, 1.807) is 0 Å². The van der Waals surface area contributed by atoms with Crippen molar-refractivity contribution in [1.82, 2.24) is 0 Å². The average molecular weight is 323 g/mol. The maximum Gasteiger partial charge on any atom is 2.00 e. The van der Waals surface area contributed by atoms with Gasteiger partial charge in [-0.3, -0.25) is 0 Å². The van der Waals surface area contributed by atoms with Crippen LogP contribution in [0.1, 0.15) is 2.85 Å². The minimum Gasteiger partial charge on any atom is -1.00 e. The zero-order valence-electron chi connectivity index (χ0n) is 9.43. The standard InChI is InChI=1S/6CN.Ca.Co.Zn.2H/c6*1-2;;;;;/q6*-1;+2;;;2*-1. The number of nitrogens with zero attached hydrogens (tertiary/aromatic N) is 6. The smallest absolute Gasteiger partial charge is 1.00 e. The molecular weight excluding hydrogens is 321 g/mol. The molecular formula is C6H2CaCoN6Zn-6. The van der Waals surface area contributed by atoms with Crippen molar-refractivity contribution in [2.24, 2.45) is 0 Å². The summed E-state index contributed by atoms with van der Waals surface area (Å²) in [7, 11) is 0. The molecule has 0 aromatic heterocycles. The SMILES string of the molecule is [C-]#N.[C-]#N.[C-]#N.[C-]#N.[C-]#N.[C-]#N.[Ca+2].[Co].[H-].[H-].[Zn]. The second-order valence-electron chi connectivity index (χ2n) is 0. The molecule has 0 N–H and O–H groups in total. The quantitative estimate of drug-likeness (QED) is 0.467. The van der Waals surface area contributed by atoms with Crippen LogP contribution in [0.25, 0.3) is 0 Å². The average Bonchev–Trinajstić information content (AvgIpc) is 2.33. The van der Waals surface area contributed by atoms with Crippen molar-refractivity contribution in [2.75, 3.05) is 0 Å². The summed E-state index contributed by atoms with van der Waals surface area (Å²) in [4.78, 5) is 0. The molecule has 9 heteroatoms. The maximum absolute atomic E-state index is 6.25. The third kappa shape index (κ3) is 3810. The second kappa shape index (κ2) is 4510. The molecule has 0 saturated carbocycles. The summed E-state index contributed by atoms with van der Waals surface area (Å²) < 4.78 is 0. The van der Waals surface area contributed by atoms with Gasteiger partial charge < -0.3 is 73.9 Å². The second-order valence-corrected chi connectivity index (χ2v) is 0. The molecule has 0 spiro atoms. The van der Waals surface area contributed by atoms with E-state index < -0.39 is 0 Å². The Hall–Kier alpha value is -0.670. The van der Waals surface area contributed by atoms with Gasteiger partial charge in [0.1, 0.15) is 0 Å². The Bertz CT molecular complexity index is 112. The van der Waals surface area contributed by atoms with E-state index in [1.807, 2.05) is 0 Å². The largest absolute Gasteiger partial charge is 2.00 e. The van der Waals surface area contributed by atoms with Crippen molar-refractivity contribution < 1.29 is 39.1 Å². The van der Waals surface area contributed by atoms with Gasteiger partial charge in [0.2, 0.25) is 0 Å². The van der Waals surface area contributed by atoms with E-state index in [9.17, 15) is 0 Å². The van der Waals surface area contributed by atoms with Crippen LogP contribution in [-0.4, -0.2) is 37.7 Å². The Labute approximate surface area is 146 Å². The molecule has 1 radical (unpaired) electrons. The van der Waals surface area contributed by atoms with Gasteiger partial charge in [0, 0.05) is 36.3 Å². The summed E-state index contributed by atoms with van der Waals surface area (Å²) in [6.45, 7) is 28.5. The third-order valence-electron chi connectivity index (χ3n) is 0. The molecule has 0 aliphatic rings. The van der Waals surface area contributed by atoms with Crippen LogP contribution >= 0.6 is 0 Å². The molecule has 0 unspecified atom stereocenters. The van der Waals surface area contributed by atoms with Crippen molar-refractivity contribution in [1.29, 1.82) is 31.6 Å². The Morgan fingerprint density at radius 3 is 0.467 bits per heavy atom. The fourth-order valence-electron chi connectivity index (χ4n) is 0. The molecule has 75 valence electrons. The molecule has 0 saturated heterocycles. The first-order valence-corrected chi connectivity index (χ1v) is 1.34. The zero-order chi connectivity index (χ0) is 12.0. The summed E-state index contributed by atoms with van der Waals surface area (Å²) in [6, 6.07) is 0. The molecule has 0 aliphatic carbocycles. The van der Waals surface area contributed by atoms with Crippen LogP contribution in [0.2, 0.25) is 0 Å². The number of hydrogen-bond donors (Lipinski definition) is 0. The number of rotatable bonds is 0. The van der Waals surface area contributed by atoms with Gasteiger partial charge in [0.05, 0.1) is 0 Å². The van der Waals surface area contributed by atoms with E-state index in [0.29, 0.717) is 0 Å². The molecule has 0 aromatic rings. The molecule has 0 atom stereocenters. The van der Waals surface area contributed by atoms with Crippen LogP contribution in [0.4, 0.5) is 0 Å². The van der Waals surface area contributed by atoms with Gasteiger partial charge in [-0.1, -0.05) is 0 Å². The van der Waals surface area contributed by atoms with Crippen molar-refractivity contribution in [3.63, 3.8) is 0 Å². The van der Waals surface area contributed by atoms with Crippen LogP contribution in [0.5, 0.6) is 0 Å². The molecule has 0 heterocycles. The van der Waals surface area contributed by atoms with Crippen LogP contribution < -0.4 is 0 Å². The van der Waals surface area contributed by atoms with Crippen LogP contribution in [0, 0.1) is 71.0 Å². The van der Waals surface area contributed by atoms with Gasteiger partial charge in [-0.15, -0.1) is 0 Å². The fourth-order valence-corrected chi connectivity index (χ4v) is 0. The van der Waals surface area contributed by atoms with Crippen molar-refractivity contribution >= 4 is 37.7 Å². The normalized spacial score (nSPS) is 0.800. The molecule has 0 fully saturated rings. The first-order chi connectivity index (χ1) is 6.00. The van der Waals surface area contributed by atoms with E-state index in [-0.39, 0.29) is 76.8 Å². The molecule has 0 bridgehead atoms. The summed E-state index contributed by atoms with van der Waals surface area (Å²) >= 11 is 0. The van der Waals surface area contributed by atoms with Gasteiger partial charge in [-0.25, -0.2) is 0 Å². The first-order valence-electron chi connectivity index (χ1n) is 1.34. The van der Waals surface area contributed by atoms with E-state index in [0.717, 1.165) is 0 Å². The predicted octanol–water partition coefficient (Wildman–Crippen LogP) is 0.417. The Kier molecular flexibility index (Phi) is 26900. The molecule has 0 amide bonds. The van der Waals surface area contributed by atoms with Crippen LogP contribution in [-0.2, 0) is 36.3 Å². The summed E-state index contributed by atoms with van der Waals surface area (Å²) in [5, 5.41) is 37.5. The minimum absolute atomic E-state index is 0. The van der Waals surface area contributed by atoms with E-state index in [4.69, 9.17) is 71.0 Å². The van der Waals surface area contributed by atoms with Gasteiger partial charge in [0.15, 0.2) is 0 Å². The summed E-state index contributed by atoms with van der Waals surface area (Å²) in [5.74, 6) is 0. The van der Waals surface area contributed by atoms with Crippen molar-refractivity contribution in [3.05, 3.63) is 39.4 Å². The van der Waals surface area contributed by atoms with Gasteiger partial charge in [-0.2, -0.15) is 0 Å². The van der Waals surface area contributed by atoms with Crippen molar-refractivity contribution in [2.45, 2.75) is 0 Å². The third-order valence-corrected chi connectivity index (χ3v) is 0. The minimum atomic E-state index is 0. The van der Waals surface area contributed by atoms with Crippen LogP contribution in [0.3, 0.4) is 0 Å². The Morgan fingerprint density at radius 1 is 0.467 bits per heavy atom. The molecule has 0 rings (SSSR count). The molecule has 6 nitrogen and oxygen atoms in total. The monoisotopic (exact) mass is 321 g/mol. The van der Waals surface area contributed by atoms with Gasteiger partial charge in [-0.05, 0) is 0 Å². The maximum atomic E-state index is 6.25. The fraction of sp³-hybridized carbons (Fsp3) is 0.